The molecular formula is C6H8Cl2N4O. The molecule has 1 aromatic rings. The molecule has 13 heavy (non-hydrogen) atoms. The highest BCUT2D eigenvalue weighted by molar-refractivity contribution is 6.44. The SMILES string of the molecule is Nc1cn[nH]c1C(=O)NCC(Cl)Cl. The zero-order valence-corrected chi connectivity index (χ0v) is 8.06. The largest absolute Gasteiger partial charge is 0.396 e. The minimum Gasteiger partial charge on any atom is -0.396 e. The fourth-order valence-electron chi connectivity index (χ4n) is 0.736. The van der Waals surface area contributed by atoms with Gasteiger partial charge in [0.25, 0.3) is 5.91 Å². The molecule has 0 atom stereocenters. The summed E-state index contributed by atoms with van der Waals surface area (Å²) >= 11 is 10.8. The standard InChI is InChI=1S/C6H8Cl2N4O/c7-4(8)2-10-6(13)5-3(9)1-11-12-5/h1,4H,2,9H2,(H,10,13)(H,11,12). The molecule has 0 spiro atoms. The van der Waals surface area contributed by atoms with E-state index >= 15 is 0 Å². The van der Waals surface area contributed by atoms with Crippen LogP contribution in [0.3, 0.4) is 0 Å². The fourth-order valence-corrected chi connectivity index (χ4v) is 0.890. The van der Waals surface area contributed by atoms with Crippen LogP contribution in [0.15, 0.2) is 6.20 Å². The first-order valence-corrected chi connectivity index (χ1v) is 4.33. The van der Waals surface area contributed by atoms with Crippen LogP contribution in [0.5, 0.6) is 0 Å². The van der Waals surface area contributed by atoms with Crippen molar-refractivity contribution in [1.82, 2.24) is 15.5 Å². The van der Waals surface area contributed by atoms with Crippen LogP contribution in [0, 0.1) is 0 Å². The molecule has 0 fully saturated rings. The highest BCUT2D eigenvalue weighted by Gasteiger charge is 2.11. The first kappa shape index (κ1) is 10.1. The van der Waals surface area contributed by atoms with Gasteiger partial charge in [-0.2, -0.15) is 5.10 Å². The monoisotopic (exact) mass is 222 g/mol. The number of rotatable bonds is 3. The predicted molar refractivity (Wildman–Crippen MR) is 50.8 cm³/mol. The molecule has 1 heterocycles. The van der Waals surface area contributed by atoms with Crippen molar-refractivity contribution in [2.45, 2.75) is 4.84 Å². The highest BCUT2D eigenvalue weighted by atomic mass is 35.5. The third-order valence-corrected chi connectivity index (χ3v) is 1.62. The third kappa shape index (κ3) is 2.78. The summed E-state index contributed by atoms with van der Waals surface area (Å²) in [5.74, 6) is -0.374. The summed E-state index contributed by atoms with van der Waals surface area (Å²) in [6.45, 7) is 0.167. The summed E-state index contributed by atoms with van der Waals surface area (Å²) < 4.78 is 0. The van der Waals surface area contributed by atoms with Gasteiger partial charge in [-0.15, -0.1) is 23.2 Å². The number of carbonyl (C=O) groups is 1. The van der Waals surface area contributed by atoms with Crippen molar-refractivity contribution in [1.29, 1.82) is 0 Å². The Hall–Kier alpha value is -0.940. The molecule has 1 rings (SSSR count). The van der Waals surface area contributed by atoms with Crippen LogP contribution in [-0.4, -0.2) is 27.5 Å². The van der Waals surface area contributed by atoms with Gasteiger partial charge in [-0.25, -0.2) is 0 Å². The number of nitrogens with one attached hydrogen (secondary N) is 2. The van der Waals surface area contributed by atoms with Gasteiger partial charge < -0.3 is 11.1 Å². The van der Waals surface area contributed by atoms with E-state index < -0.39 is 4.84 Å². The maximum absolute atomic E-state index is 11.3. The number of alkyl halides is 2. The van der Waals surface area contributed by atoms with Crippen LogP contribution in [0.25, 0.3) is 0 Å². The molecule has 0 saturated carbocycles. The summed E-state index contributed by atoms with van der Waals surface area (Å²) in [6.07, 6.45) is 1.35. The van der Waals surface area contributed by atoms with Gasteiger partial charge in [-0.3, -0.25) is 9.89 Å². The second-order valence-corrected chi connectivity index (χ2v) is 3.58. The van der Waals surface area contributed by atoms with Crippen molar-refractivity contribution < 1.29 is 4.79 Å². The average molecular weight is 223 g/mol. The number of halogens is 2. The Morgan fingerprint density at radius 3 is 2.92 bits per heavy atom. The van der Waals surface area contributed by atoms with Crippen molar-refractivity contribution in [2.24, 2.45) is 0 Å². The van der Waals surface area contributed by atoms with Crippen molar-refractivity contribution in [2.75, 3.05) is 12.3 Å². The third-order valence-electron chi connectivity index (χ3n) is 1.31. The van der Waals surface area contributed by atoms with E-state index in [1.807, 2.05) is 0 Å². The maximum atomic E-state index is 11.3. The van der Waals surface area contributed by atoms with E-state index in [-0.39, 0.29) is 23.8 Å². The number of carbonyl (C=O) groups excluding carboxylic acids is 1. The van der Waals surface area contributed by atoms with Crippen LogP contribution in [0.4, 0.5) is 5.69 Å². The first-order chi connectivity index (χ1) is 6.11. The van der Waals surface area contributed by atoms with E-state index in [9.17, 15) is 4.79 Å². The van der Waals surface area contributed by atoms with Gasteiger partial charge in [-0.05, 0) is 0 Å². The number of nitrogens with zero attached hydrogens (tertiary/aromatic N) is 1. The molecule has 1 aromatic heterocycles. The molecular weight excluding hydrogens is 215 g/mol. The minimum atomic E-state index is -0.631. The number of nitrogen functional groups attached to an aromatic ring is 1. The lowest BCUT2D eigenvalue weighted by molar-refractivity contribution is 0.0951. The number of aromatic nitrogens is 2. The topological polar surface area (TPSA) is 83.8 Å². The van der Waals surface area contributed by atoms with Crippen LogP contribution < -0.4 is 11.1 Å². The first-order valence-electron chi connectivity index (χ1n) is 3.46. The molecule has 0 aliphatic heterocycles. The molecule has 5 nitrogen and oxygen atoms in total. The van der Waals surface area contributed by atoms with Crippen LogP contribution >= 0.6 is 23.2 Å². The molecule has 0 bridgehead atoms. The van der Waals surface area contributed by atoms with Gasteiger partial charge in [0.05, 0.1) is 11.9 Å². The normalized spacial score (nSPS) is 10.4. The average Bonchev–Trinajstić information content (AvgIpc) is 2.47. The molecule has 7 heteroatoms. The second kappa shape index (κ2) is 4.34. The molecule has 4 N–H and O–H groups in total. The van der Waals surface area contributed by atoms with Crippen molar-refractivity contribution in [3.8, 4) is 0 Å². The zero-order valence-electron chi connectivity index (χ0n) is 6.55. The second-order valence-electron chi connectivity index (χ2n) is 2.30. The van der Waals surface area contributed by atoms with Crippen molar-refractivity contribution in [3.63, 3.8) is 0 Å². The lowest BCUT2D eigenvalue weighted by Crippen LogP contribution is -2.28. The Bertz CT molecular complexity index is 299. The summed E-state index contributed by atoms with van der Waals surface area (Å²) in [4.78, 5) is 10.6. The quantitative estimate of drug-likeness (QED) is 0.653. The molecule has 0 aromatic carbocycles. The summed E-state index contributed by atoms with van der Waals surface area (Å²) in [7, 11) is 0. The number of H-pyrrole nitrogens is 1. The Labute approximate surface area is 84.6 Å². The maximum Gasteiger partial charge on any atom is 0.271 e. The molecule has 0 saturated heterocycles. The van der Waals surface area contributed by atoms with Gasteiger partial charge in [0.1, 0.15) is 10.5 Å². The van der Waals surface area contributed by atoms with Gasteiger partial charge in [0.2, 0.25) is 0 Å². The highest BCUT2D eigenvalue weighted by Crippen LogP contribution is 2.06. The molecule has 0 radical (unpaired) electrons. The van der Waals surface area contributed by atoms with Gasteiger partial charge >= 0.3 is 0 Å². The number of anilines is 1. The summed E-state index contributed by atoms with van der Waals surface area (Å²) in [6, 6.07) is 0. The lowest BCUT2D eigenvalue weighted by Gasteiger charge is -2.03. The Morgan fingerprint density at radius 2 is 2.46 bits per heavy atom. The molecule has 0 unspecified atom stereocenters. The number of amides is 1. The lowest BCUT2D eigenvalue weighted by atomic mass is 10.3. The van der Waals surface area contributed by atoms with Gasteiger partial charge in [-0.1, -0.05) is 0 Å². The smallest absolute Gasteiger partial charge is 0.271 e. The van der Waals surface area contributed by atoms with E-state index in [0.717, 1.165) is 0 Å². The van der Waals surface area contributed by atoms with Gasteiger partial charge in [0, 0.05) is 6.54 Å². The fraction of sp³-hybridized carbons (Fsp3) is 0.333. The number of nitrogens with two attached hydrogens (primary N) is 1. The molecule has 0 aliphatic rings. The van der Waals surface area contributed by atoms with E-state index in [0.29, 0.717) is 0 Å². The summed E-state index contributed by atoms with van der Waals surface area (Å²) in [5.41, 5.74) is 5.93. The molecule has 1 amide bonds. The van der Waals surface area contributed by atoms with Crippen molar-refractivity contribution >= 4 is 34.8 Å². The Kier molecular flexibility index (Phi) is 3.39. The predicted octanol–water partition coefficient (Wildman–Crippen LogP) is 0.525. The minimum absolute atomic E-state index is 0.167. The van der Waals surface area contributed by atoms with Crippen LogP contribution in [-0.2, 0) is 0 Å². The van der Waals surface area contributed by atoms with Gasteiger partial charge in [0.15, 0.2) is 0 Å². The molecule has 72 valence electrons. The Balaban J connectivity index is 2.54. The number of hydrogen-bond donors (Lipinski definition) is 3. The number of hydrogen-bond acceptors (Lipinski definition) is 3. The zero-order chi connectivity index (χ0) is 9.84. The van der Waals surface area contributed by atoms with E-state index in [1.165, 1.54) is 6.20 Å². The van der Waals surface area contributed by atoms with E-state index in [4.69, 9.17) is 28.9 Å². The van der Waals surface area contributed by atoms with E-state index in [1.54, 1.807) is 0 Å². The number of aromatic amines is 1. The molecule has 0 aliphatic carbocycles. The Morgan fingerprint density at radius 1 is 1.77 bits per heavy atom. The van der Waals surface area contributed by atoms with Crippen LogP contribution in [0.2, 0.25) is 0 Å². The summed E-state index contributed by atoms with van der Waals surface area (Å²) in [5, 5.41) is 8.52. The van der Waals surface area contributed by atoms with E-state index in [2.05, 4.69) is 15.5 Å². The van der Waals surface area contributed by atoms with Crippen LogP contribution in [0.1, 0.15) is 10.5 Å². The van der Waals surface area contributed by atoms with Crippen molar-refractivity contribution in [3.05, 3.63) is 11.9 Å².